The third kappa shape index (κ3) is 3.70. The van der Waals surface area contributed by atoms with Crippen LogP contribution in [-0.2, 0) is 12.7 Å². The number of hydrogen-bond donors (Lipinski definition) is 1. The van der Waals surface area contributed by atoms with Gasteiger partial charge < -0.3 is 5.32 Å². The van der Waals surface area contributed by atoms with Crippen molar-refractivity contribution in [2.24, 2.45) is 0 Å². The molecule has 1 nitrogen and oxygen atoms in total. The van der Waals surface area contributed by atoms with Crippen LogP contribution in [0.1, 0.15) is 31.4 Å². The van der Waals surface area contributed by atoms with E-state index < -0.39 is 17.6 Å². The lowest BCUT2D eigenvalue weighted by Gasteiger charge is -2.14. The second-order valence-electron chi connectivity index (χ2n) is 3.97. The number of nitrogens with one attached hydrogen (secondary N) is 1. The summed E-state index contributed by atoms with van der Waals surface area (Å²) in [4.78, 5) is 0. The Labute approximate surface area is 97.8 Å². The molecule has 0 aromatic heterocycles. The van der Waals surface area contributed by atoms with Crippen molar-refractivity contribution in [3.63, 3.8) is 0 Å². The average Bonchev–Trinajstić information content (AvgIpc) is 2.25. The molecule has 0 heterocycles. The van der Waals surface area contributed by atoms with E-state index in [0.29, 0.717) is 0 Å². The van der Waals surface area contributed by atoms with Gasteiger partial charge >= 0.3 is 6.18 Å². The zero-order valence-corrected chi connectivity index (χ0v) is 9.74. The molecule has 1 aromatic carbocycles. The SMILES string of the molecule is CCC(C)NCc1cccc(C(F)(F)F)c1F. The maximum atomic E-state index is 13.6. The quantitative estimate of drug-likeness (QED) is 0.802. The molecule has 1 atom stereocenters. The molecule has 1 aromatic rings. The molecule has 0 fully saturated rings. The summed E-state index contributed by atoms with van der Waals surface area (Å²) in [7, 11) is 0. The first-order valence-corrected chi connectivity index (χ1v) is 5.44. The van der Waals surface area contributed by atoms with Crippen molar-refractivity contribution >= 4 is 0 Å². The fourth-order valence-corrected chi connectivity index (χ4v) is 1.36. The Morgan fingerprint density at radius 3 is 2.47 bits per heavy atom. The van der Waals surface area contributed by atoms with Crippen LogP contribution in [0, 0.1) is 5.82 Å². The summed E-state index contributed by atoms with van der Waals surface area (Å²) >= 11 is 0. The average molecular weight is 249 g/mol. The number of benzene rings is 1. The van der Waals surface area contributed by atoms with Gasteiger partial charge in [0.2, 0.25) is 0 Å². The number of alkyl halides is 3. The van der Waals surface area contributed by atoms with Crippen LogP contribution in [0.15, 0.2) is 18.2 Å². The van der Waals surface area contributed by atoms with E-state index >= 15 is 0 Å². The Hall–Kier alpha value is -1.10. The summed E-state index contributed by atoms with van der Waals surface area (Å²) in [6.07, 6.45) is -3.81. The maximum absolute atomic E-state index is 13.6. The van der Waals surface area contributed by atoms with E-state index in [1.54, 1.807) is 0 Å². The molecule has 0 aliphatic heterocycles. The third-order valence-corrected chi connectivity index (χ3v) is 2.64. The minimum absolute atomic E-state index is 0.0418. The molecule has 1 unspecified atom stereocenters. The monoisotopic (exact) mass is 249 g/mol. The summed E-state index contributed by atoms with van der Waals surface area (Å²) in [5.74, 6) is -1.18. The molecule has 0 bridgehead atoms. The summed E-state index contributed by atoms with van der Waals surface area (Å²) in [5, 5.41) is 2.96. The maximum Gasteiger partial charge on any atom is 0.419 e. The highest BCUT2D eigenvalue weighted by Crippen LogP contribution is 2.32. The van der Waals surface area contributed by atoms with Crippen LogP contribution in [0.3, 0.4) is 0 Å². The van der Waals surface area contributed by atoms with Crippen LogP contribution in [-0.4, -0.2) is 6.04 Å². The summed E-state index contributed by atoms with van der Waals surface area (Å²) in [6, 6.07) is 3.48. The fraction of sp³-hybridized carbons (Fsp3) is 0.500. The zero-order valence-electron chi connectivity index (χ0n) is 9.74. The highest BCUT2D eigenvalue weighted by molar-refractivity contribution is 5.28. The van der Waals surface area contributed by atoms with Gasteiger partial charge in [-0.05, 0) is 19.4 Å². The van der Waals surface area contributed by atoms with Crippen LogP contribution in [0.25, 0.3) is 0 Å². The van der Waals surface area contributed by atoms with Gasteiger partial charge in [-0.2, -0.15) is 13.2 Å². The molecule has 0 saturated heterocycles. The Bertz CT molecular complexity index is 373. The van der Waals surface area contributed by atoms with E-state index in [2.05, 4.69) is 5.32 Å². The fourth-order valence-electron chi connectivity index (χ4n) is 1.36. The van der Waals surface area contributed by atoms with Crippen LogP contribution >= 0.6 is 0 Å². The molecular formula is C12H15F4N. The molecular weight excluding hydrogens is 234 g/mol. The van der Waals surface area contributed by atoms with Crippen molar-refractivity contribution < 1.29 is 17.6 Å². The lowest BCUT2D eigenvalue weighted by atomic mass is 10.1. The van der Waals surface area contributed by atoms with Crippen molar-refractivity contribution in [1.82, 2.24) is 5.32 Å². The predicted octanol–water partition coefficient (Wildman–Crippen LogP) is 3.73. The van der Waals surface area contributed by atoms with Crippen LogP contribution < -0.4 is 5.32 Å². The first-order valence-electron chi connectivity index (χ1n) is 5.44. The molecule has 0 amide bonds. The number of rotatable bonds is 4. The van der Waals surface area contributed by atoms with Crippen LogP contribution in [0.4, 0.5) is 17.6 Å². The van der Waals surface area contributed by atoms with Crippen molar-refractivity contribution in [3.05, 3.63) is 35.1 Å². The number of hydrogen-bond acceptors (Lipinski definition) is 1. The van der Waals surface area contributed by atoms with Gasteiger partial charge in [0.1, 0.15) is 5.82 Å². The van der Waals surface area contributed by atoms with Crippen LogP contribution in [0.5, 0.6) is 0 Å². The standard InChI is InChI=1S/C12H15F4N/c1-3-8(2)17-7-9-5-4-6-10(11(9)13)12(14,15)16/h4-6,8,17H,3,7H2,1-2H3. The molecule has 0 aliphatic rings. The lowest BCUT2D eigenvalue weighted by Crippen LogP contribution is -2.25. The van der Waals surface area contributed by atoms with Gasteiger partial charge in [0.05, 0.1) is 5.56 Å². The Morgan fingerprint density at radius 1 is 1.29 bits per heavy atom. The Morgan fingerprint density at radius 2 is 1.94 bits per heavy atom. The van der Waals surface area contributed by atoms with Crippen molar-refractivity contribution in [2.75, 3.05) is 0 Å². The summed E-state index contributed by atoms with van der Waals surface area (Å²) < 4.78 is 50.9. The van der Waals surface area contributed by atoms with Gasteiger partial charge in [0.25, 0.3) is 0 Å². The predicted molar refractivity (Wildman–Crippen MR) is 58.0 cm³/mol. The minimum atomic E-state index is -4.64. The van der Waals surface area contributed by atoms with Crippen LogP contribution in [0.2, 0.25) is 0 Å². The molecule has 0 radical (unpaired) electrons. The van der Waals surface area contributed by atoms with Gasteiger partial charge in [-0.25, -0.2) is 4.39 Å². The highest BCUT2D eigenvalue weighted by Gasteiger charge is 2.34. The van der Waals surface area contributed by atoms with Crippen molar-refractivity contribution in [3.8, 4) is 0 Å². The largest absolute Gasteiger partial charge is 0.419 e. The summed E-state index contributed by atoms with van der Waals surface area (Å²) in [5.41, 5.74) is -1.17. The van der Waals surface area contributed by atoms with E-state index in [1.807, 2.05) is 13.8 Å². The smallest absolute Gasteiger partial charge is 0.310 e. The minimum Gasteiger partial charge on any atom is -0.310 e. The first kappa shape index (κ1) is 14.0. The molecule has 96 valence electrons. The molecule has 1 N–H and O–H groups in total. The highest BCUT2D eigenvalue weighted by atomic mass is 19.4. The number of halogens is 4. The van der Waals surface area contributed by atoms with Gasteiger partial charge in [0.15, 0.2) is 0 Å². The Kier molecular flexibility index (Phi) is 4.51. The second-order valence-corrected chi connectivity index (χ2v) is 3.97. The zero-order chi connectivity index (χ0) is 13.1. The third-order valence-electron chi connectivity index (χ3n) is 2.64. The van der Waals surface area contributed by atoms with Gasteiger partial charge in [-0.3, -0.25) is 0 Å². The normalized spacial score (nSPS) is 13.8. The lowest BCUT2D eigenvalue weighted by molar-refractivity contribution is -0.140. The van der Waals surface area contributed by atoms with Gasteiger partial charge in [-0.15, -0.1) is 0 Å². The molecule has 5 heteroatoms. The molecule has 0 aliphatic carbocycles. The van der Waals surface area contributed by atoms with E-state index in [9.17, 15) is 17.6 Å². The first-order chi connectivity index (χ1) is 7.86. The molecule has 17 heavy (non-hydrogen) atoms. The van der Waals surface area contributed by atoms with E-state index in [4.69, 9.17) is 0 Å². The second kappa shape index (κ2) is 5.49. The van der Waals surface area contributed by atoms with Crippen molar-refractivity contribution in [2.45, 2.75) is 39.0 Å². The molecule has 0 spiro atoms. The van der Waals surface area contributed by atoms with Gasteiger partial charge in [0, 0.05) is 18.2 Å². The topological polar surface area (TPSA) is 12.0 Å². The summed E-state index contributed by atoms with van der Waals surface area (Å²) in [6.45, 7) is 3.94. The molecule has 1 rings (SSSR count). The molecule has 0 saturated carbocycles. The van der Waals surface area contributed by atoms with Gasteiger partial charge in [-0.1, -0.05) is 19.1 Å². The van der Waals surface area contributed by atoms with E-state index in [-0.39, 0.29) is 18.2 Å². The Balaban J connectivity index is 2.88. The van der Waals surface area contributed by atoms with E-state index in [1.165, 1.54) is 12.1 Å². The van der Waals surface area contributed by atoms with E-state index in [0.717, 1.165) is 12.5 Å². The van der Waals surface area contributed by atoms with Crippen molar-refractivity contribution in [1.29, 1.82) is 0 Å².